The van der Waals surface area contributed by atoms with E-state index in [0.717, 1.165) is 22.4 Å². The van der Waals surface area contributed by atoms with E-state index >= 15 is 0 Å². The van der Waals surface area contributed by atoms with Crippen LogP contribution in [0.25, 0.3) is 0 Å². The van der Waals surface area contributed by atoms with Gasteiger partial charge in [-0.05, 0) is 12.8 Å². The average molecular weight is 334 g/mol. The van der Waals surface area contributed by atoms with Crippen LogP contribution in [0.15, 0.2) is 33.4 Å². The second kappa shape index (κ2) is 6.49. The van der Waals surface area contributed by atoms with Gasteiger partial charge in [0.25, 0.3) is 5.56 Å². The van der Waals surface area contributed by atoms with Gasteiger partial charge in [0.15, 0.2) is 0 Å². The van der Waals surface area contributed by atoms with Crippen molar-refractivity contribution < 1.29 is 4.79 Å². The Morgan fingerprint density at radius 2 is 2.26 bits per heavy atom. The standard InChI is InChI=1S/C15H18N4O3S/c1-17-12(20)4-7-19(15(17)22)10-13(21)18-6-2-3-11(9-18)14-16-5-8-23-14/h4-5,7-8,11H,2-3,6,9-10H2,1H3/t11-/m1/s1. The van der Waals surface area contributed by atoms with Crippen LogP contribution in [0.4, 0.5) is 0 Å². The molecule has 1 atom stereocenters. The number of aromatic nitrogens is 3. The van der Waals surface area contributed by atoms with Crippen molar-refractivity contribution in [1.82, 2.24) is 19.0 Å². The molecule has 3 rings (SSSR count). The zero-order chi connectivity index (χ0) is 16.4. The summed E-state index contributed by atoms with van der Waals surface area (Å²) in [6, 6.07) is 1.29. The fraction of sp³-hybridized carbons (Fsp3) is 0.467. The number of hydrogen-bond donors (Lipinski definition) is 0. The van der Waals surface area contributed by atoms with Crippen molar-refractivity contribution in [1.29, 1.82) is 0 Å². The summed E-state index contributed by atoms with van der Waals surface area (Å²) in [5.74, 6) is 0.163. The van der Waals surface area contributed by atoms with Crippen LogP contribution >= 0.6 is 11.3 Å². The summed E-state index contributed by atoms with van der Waals surface area (Å²) >= 11 is 1.61. The minimum atomic E-state index is -0.473. The fourth-order valence-electron chi connectivity index (χ4n) is 2.82. The Morgan fingerprint density at radius 3 is 3.00 bits per heavy atom. The first-order chi connectivity index (χ1) is 11.1. The SMILES string of the molecule is Cn1c(=O)ccn(CC(=O)N2CCC[C@@H](c3nccs3)C2)c1=O. The van der Waals surface area contributed by atoms with Crippen LogP contribution in [0, 0.1) is 0 Å². The van der Waals surface area contributed by atoms with Crippen LogP contribution in [-0.4, -0.2) is 38.0 Å². The molecule has 8 heteroatoms. The molecule has 122 valence electrons. The first-order valence-electron chi connectivity index (χ1n) is 7.50. The zero-order valence-corrected chi connectivity index (χ0v) is 13.7. The molecule has 0 radical (unpaired) electrons. The zero-order valence-electron chi connectivity index (χ0n) is 12.8. The van der Waals surface area contributed by atoms with Crippen molar-refractivity contribution in [2.75, 3.05) is 13.1 Å². The van der Waals surface area contributed by atoms with E-state index in [4.69, 9.17) is 0 Å². The largest absolute Gasteiger partial charge is 0.340 e. The number of carbonyl (C=O) groups excluding carboxylic acids is 1. The van der Waals surface area contributed by atoms with E-state index in [9.17, 15) is 14.4 Å². The molecule has 0 aliphatic carbocycles. The van der Waals surface area contributed by atoms with Gasteiger partial charge in [-0.2, -0.15) is 0 Å². The molecule has 3 heterocycles. The first-order valence-corrected chi connectivity index (χ1v) is 8.38. The lowest BCUT2D eigenvalue weighted by atomic mass is 9.99. The maximum absolute atomic E-state index is 12.5. The monoisotopic (exact) mass is 334 g/mol. The molecule has 0 aromatic carbocycles. The number of rotatable bonds is 3. The summed E-state index contributed by atoms with van der Waals surface area (Å²) in [5.41, 5.74) is -0.847. The molecule has 0 bridgehead atoms. The van der Waals surface area contributed by atoms with Crippen molar-refractivity contribution in [3.8, 4) is 0 Å². The van der Waals surface area contributed by atoms with Gasteiger partial charge < -0.3 is 4.90 Å². The highest BCUT2D eigenvalue weighted by Crippen LogP contribution is 2.28. The Bertz CT molecular complexity index is 809. The average Bonchev–Trinajstić information content (AvgIpc) is 3.10. The fourth-order valence-corrected chi connectivity index (χ4v) is 3.59. The summed E-state index contributed by atoms with van der Waals surface area (Å²) in [6.45, 7) is 1.28. The van der Waals surface area contributed by atoms with Crippen LogP contribution in [0.5, 0.6) is 0 Å². The van der Waals surface area contributed by atoms with Gasteiger partial charge in [0.1, 0.15) is 6.54 Å². The molecule has 2 aromatic rings. The number of likely N-dealkylation sites (tertiary alicyclic amines) is 1. The number of piperidine rings is 1. The van der Waals surface area contributed by atoms with Gasteiger partial charge in [-0.1, -0.05) is 0 Å². The molecule has 0 saturated carbocycles. The van der Waals surface area contributed by atoms with Crippen LogP contribution in [0.1, 0.15) is 23.8 Å². The quantitative estimate of drug-likeness (QED) is 0.814. The number of carbonyl (C=O) groups is 1. The third-order valence-corrected chi connectivity index (χ3v) is 5.08. The summed E-state index contributed by atoms with van der Waals surface area (Å²) in [6.07, 6.45) is 5.12. The van der Waals surface area contributed by atoms with Gasteiger partial charge in [-0.25, -0.2) is 9.78 Å². The van der Waals surface area contributed by atoms with E-state index < -0.39 is 5.69 Å². The van der Waals surface area contributed by atoms with E-state index in [1.54, 1.807) is 22.4 Å². The predicted molar refractivity (Wildman–Crippen MR) is 86.6 cm³/mol. The van der Waals surface area contributed by atoms with Crippen LogP contribution in [-0.2, 0) is 18.4 Å². The highest BCUT2D eigenvalue weighted by Gasteiger charge is 2.26. The number of amides is 1. The van der Waals surface area contributed by atoms with Crippen molar-refractivity contribution >= 4 is 17.2 Å². The van der Waals surface area contributed by atoms with Crippen molar-refractivity contribution in [2.45, 2.75) is 25.3 Å². The normalized spacial score (nSPS) is 18.1. The predicted octanol–water partition coefficient (Wildman–Crippen LogP) is 0.410. The molecule has 1 fully saturated rings. The molecular formula is C15H18N4O3S. The summed E-state index contributed by atoms with van der Waals surface area (Å²) < 4.78 is 2.28. The van der Waals surface area contributed by atoms with E-state index in [0.29, 0.717) is 13.1 Å². The molecule has 0 N–H and O–H groups in total. The molecule has 7 nitrogen and oxygen atoms in total. The highest BCUT2D eigenvalue weighted by atomic mass is 32.1. The third kappa shape index (κ3) is 3.26. The van der Waals surface area contributed by atoms with E-state index in [1.165, 1.54) is 23.9 Å². The topological polar surface area (TPSA) is 77.2 Å². The molecule has 1 aliphatic heterocycles. The Balaban J connectivity index is 1.72. The number of hydrogen-bond acceptors (Lipinski definition) is 5. The molecule has 1 saturated heterocycles. The lowest BCUT2D eigenvalue weighted by Gasteiger charge is -2.32. The maximum Gasteiger partial charge on any atom is 0.331 e. The highest BCUT2D eigenvalue weighted by molar-refractivity contribution is 7.09. The molecule has 0 unspecified atom stereocenters. The van der Waals surface area contributed by atoms with Gasteiger partial charge in [-0.15, -0.1) is 11.3 Å². The molecule has 1 aliphatic rings. The number of nitrogens with zero attached hydrogens (tertiary/aromatic N) is 4. The van der Waals surface area contributed by atoms with E-state index in [2.05, 4.69) is 4.98 Å². The van der Waals surface area contributed by atoms with Gasteiger partial charge in [0.2, 0.25) is 5.91 Å². The number of thiazole rings is 1. The summed E-state index contributed by atoms with van der Waals surface area (Å²) in [5, 5.41) is 3.00. The minimum absolute atomic E-state index is 0.0441. The molecular weight excluding hydrogens is 316 g/mol. The van der Waals surface area contributed by atoms with Crippen LogP contribution < -0.4 is 11.2 Å². The Hall–Kier alpha value is -2.22. The second-order valence-electron chi connectivity index (χ2n) is 5.67. The summed E-state index contributed by atoms with van der Waals surface area (Å²) in [7, 11) is 1.41. The van der Waals surface area contributed by atoms with Crippen molar-refractivity contribution in [2.24, 2.45) is 7.05 Å². The summed E-state index contributed by atoms with van der Waals surface area (Å²) in [4.78, 5) is 42.0. The minimum Gasteiger partial charge on any atom is -0.340 e. The van der Waals surface area contributed by atoms with E-state index in [-0.39, 0.29) is 23.9 Å². The van der Waals surface area contributed by atoms with Crippen molar-refractivity contribution in [3.63, 3.8) is 0 Å². The Labute approximate surface area is 136 Å². The lowest BCUT2D eigenvalue weighted by molar-refractivity contribution is -0.133. The second-order valence-corrected chi connectivity index (χ2v) is 6.60. The Morgan fingerprint density at radius 1 is 1.43 bits per heavy atom. The molecule has 0 spiro atoms. The molecule has 2 aromatic heterocycles. The first kappa shape index (κ1) is 15.7. The Kier molecular flexibility index (Phi) is 4.42. The van der Waals surface area contributed by atoms with E-state index in [1.807, 2.05) is 5.38 Å². The third-order valence-electron chi connectivity index (χ3n) is 4.14. The molecule has 1 amide bonds. The molecule has 23 heavy (non-hydrogen) atoms. The smallest absolute Gasteiger partial charge is 0.331 e. The maximum atomic E-state index is 12.5. The van der Waals surface area contributed by atoms with Gasteiger partial charge in [-0.3, -0.25) is 18.7 Å². The van der Waals surface area contributed by atoms with Gasteiger partial charge in [0.05, 0.1) is 5.01 Å². The van der Waals surface area contributed by atoms with Crippen LogP contribution in [0.3, 0.4) is 0 Å². The van der Waals surface area contributed by atoms with Crippen molar-refractivity contribution in [3.05, 3.63) is 49.7 Å². The van der Waals surface area contributed by atoms with Gasteiger partial charge >= 0.3 is 5.69 Å². The van der Waals surface area contributed by atoms with Gasteiger partial charge in [0, 0.05) is 49.9 Å². The lowest BCUT2D eigenvalue weighted by Crippen LogP contribution is -2.44. The van der Waals surface area contributed by atoms with Crippen LogP contribution in [0.2, 0.25) is 0 Å².